The van der Waals surface area contributed by atoms with Crippen LogP contribution in [0.1, 0.15) is 38.2 Å². The molecule has 1 heterocycles. The van der Waals surface area contributed by atoms with Crippen LogP contribution in [0.15, 0.2) is 29.3 Å². The summed E-state index contributed by atoms with van der Waals surface area (Å²) < 4.78 is 5.52. The third kappa shape index (κ3) is 7.19. The zero-order valence-electron chi connectivity index (χ0n) is 15.2. The lowest BCUT2D eigenvalue weighted by atomic mass is 9.90. The van der Waals surface area contributed by atoms with Crippen molar-refractivity contribution in [2.24, 2.45) is 4.99 Å². The molecule has 140 valence electrons. The molecule has 1 aliphatic rings. The molecule has 3 N–H and O–H groups in total. The first-order valence-corrected chi connectivity index (χ1v) is 8.55. The molecule has 0 aromatic heterocycles. The first kappa shape index (κ1) is 21.7. The minimum atomic E-state index is 0. The van der Waals surface area contributed by atoms with E-state index in [0.29, 0.717) is 13.0 Å². The van der Waals surface area contributed by atoms with Gasteiger partial charge in [0.05, 0.1) is 6.10 Å². The second-order valence-electron chi connectivity index (χ2n) is 6.19. The molecule has 1 aliphatic heterocycles. The number of amides is 1. The maximum Gasteiger partial charge on any atom is 0.225 e. The quantitative estimate of drug-likeness (QED) is 0.253. The van der Waals surface area contributed by atoms with Crippen molar-refractivity contribution in [3.05, 3.63) is 29.8 Å². The minimum Gasteiger partial charge on any atom is -0.379 e. The molecule has 1 aromatic rings. The van der Waals surface area contributed by atoms with Gasteiger partial charge in [-0.3, -0.25) is 9.79 Å². The summed E-state index contributed by atoms with van der Waals surface area (Å²) in [7, 11) is 1.75. The summed E-state index contributed by atoms with van der Waals surface area (Å²) in [6.07, 6.45) is 1.68. The van der Waals surface area contributed by atoms with Crippen LogP contribution in [-0.4, -0.2) is 44.7 Å². The number of hydrogen-bond donors (Lipinski definition) is 3. The van der Waals surface area contributed by atoms with E-state index in [-0.39, 0.29) is 41.9 Å². The van der Waals surface area contributed by atoms with Crippen LogP contribution in [0.5, 0.6) is 0 Å². The Labute approximate surface area is 167 Å². The predicted octanol–water partition coefficient (Wildman–Crippen LogP) is 2.71. The van der Waals surface area contributed by atoms with Gasteiger partial charge in [0.2, 0.25) is 5.91 Å². The number of carbonyl (C=O) groups is 1. The van der Waals surface area contributed by atoms with Gasteiger partial charge in [0, 0.05) is 44.8 Å². The molecule has 0 spiro atoms. The van der Waals surface area contributed by atoms with E-state index < -0.39 is 0 Å². The molecule has 2 rings (SSSR count). The molecule has 6 nitrogen and oxygen atoms in total. The summed E-state index contributed by atoms with van der Waals surface area (Å²) in [6, 6.07) is 7.96. The molecule has 7 heteroatoms. The topological polar surface area (TPSA) is 74.8 Å². The Morgan fingerprint density at radius 1 is 1.36 bits per heavy atom. The number of para-hydroxylation sites is 1. The number of aliphatic imine (C=N–C) groups is 1. The maximum atomic E-state index is 11.9. The Bertz CT molecular complexity index is 578. The summed E-state index contributed by atoms with van der Waals surface area (Å²) in [4.78, 5) is 16.1. The third-order valence-electron chi connectivity index (χ3n) is 3.91. The lowest BCUT2D eigenvalue weighted by Gasteiger charge is -2.26. The predicted molar refractivity (Wildman–Crippen MR) is 113 cm³/mol. The molecule has 25 heavy (non-hydrogen) atoms. The maximum absolute atomic E-state index is 11.9. The number of rotatable bonds is 7. The fourth-order valence-electron chi connectivity index (χ4n) is 2.72. The highest BCUT2D eigenvalue weighted by atomic mass is 127. The molecule has 0 radical (unpaired) electrons. The van der Waals surface area contributed by atoms with Gasteiger partial charge >= 0.3 is 0 Å². The van der Waals surface area contributed by atoms with Gasteiger partial charge in [-0.05, 0) is 31.9 Å². The standard InChI is InChI=1S/C18H28N4O2.HI/c1-13(2)24-10-6-9-20-18(19-3)21-12-14-11-17(23)22-16-8-5-4-7-15(14)16;/h4-5,7-8,13-14H,6,9-12H2,1-3H3,(H,22,23)(H2,19,20,21);1H. The molecule has 0 aliphatic carbocycles. The normalized spacial score (nSPS) is 16.7. The van der Waals surface area contributed by atoms with Gasteiger partial charge in [-0.2, -0.15) is 0 Å². The highest BCUT2D eigenvalue weighted by Crippen LogP contribution is 2.31. The van der Waals surface area contributed by atoms with Crippen LogP contribution >= 0.6 is 24.0 Å². The van der Waals surface area contributed by atoms with Crippen molar-refractivity contribution in [2.45, 2.75) is 38.7 Å². The number of ether oxygens (including phenoxy) is 1. The summed E-state index contributed by atoms with van der Waals surface area (Å²) in [6.45, 7) is 6.27. The lowest BCUT2D eigenvalue weighted by molar-refractivity contribution is -0.116. The van der Waals surface area contributed by atoms with Crippen molar-refractivity contribution in [3.8, 4) is 0 Å². The average molecular weight is 460 g/mol. The SMILES string of the molecule is CN=C(NCCCOC(C)C)NCC1CC(=O)Nc2ccccc21.I. The molecule has 1 aromatic carbocycles. The Morgan fingerprint density at radius 2 is 2.12 bits per heavy atom. The molecule has 1 amide bonds. The molecule has 0 saturated carbocycles. The molecule has 0 saturated heterocycles. The van der Waals surface area contributed by atoms with E-state index in [1.54, 1.807) is 7.05 Å². The fourth-order valence-corrected chi connectivity index (χ4v) is 2.72. The Balaban J connectivity index is 0.00000312. The van der Waals surface area contributed by atoms with Crippen LogP contribution in [0.3, 0.4) is 0 Å². The highest BCUT2D eigenvalue weighted by Gasteiger charge is 2.24. The second kappa shape index (κ2) is 11.3. The van der Waals surface area contributed by atoms with Crippen LogP contribution in [0.4, 0.5) is 5.69 Å². The van der Waals surface area contributed by atoms with Gasteiger partial charge in [0.15, 0.2) is 5.96 Å². The Kier molecular flexibility index (Phi) is 9.81. The zero-order chi connectivity index (χ0) is 17.4. The summed E-state index contributed by atoms with van der Waals surface area (Å²) >= 11 is 0. The number of carbonyl (C=O) groups excluding carboxylic acids is 1. The van der Waals surface area contributed by atoms with Gasteiger partial charge in [-0.15, -0.1) is 24.0 Å². The Hall–Kier alpha value is -1.35. The van der Waals surface area contributed by atoms with Gasteiger partial charge in [0.25, 0.3) is 0 Å². The van der Waals surface area contributed by atoms with Crippen molar-refractivity contribution >= 4 is 41.5 Å². The molecular formula is C18H29IN4O2. The van der Waals surface area contributed by atoms with Crippen LogP contribution in [0, 0.1) is 0 Å². The van der Waals surface area contributed by atoms with Crippen molar-refractivity contribution in [3.63, 3.8) is 0 Å². The first-order chi connectivity index (χ1) is 11.6. The number of nitrogens with zero attached hydrogens (tertiary/aromatic N) is 1. The van der Waals surface area contributed by atoms with E-state index in [4.69, 9.17) is 4.74 Å². The second-order valence-corrected chi connectivity index (χ2v) is 6.19. The van der Waals surface area contributed by atoms with E-state index in [9.17, 15) is 4.79 Å². The van der Waals surface area contributed by atoms with Gasteiger partial charge in [0.1, 0.15) is 0 Å². The average Bonchev–Trinajstić information content (AvgIpc) is 2.56. The number of hydrogen-bond acceptors (Lipinski definition) is 3. The van der Waals surface area contributed by atoms with E-state index in [1.807, 2.05) is 32.0 Å². The number of guanidine groups is 1. The Morgan fingerprint density at radius 3 is 2.84 bits per heavy atom. The minimum absolute atomic E-state index is 0. The summed E-state index contributed by atoms with van der Waals surface area (Å²) in [5, 5.41) is 9.52. The van der Waals surface area contributed by atoms with Gasteiger partial charge < -0.3 is 20.7 Å². The van der Waals surface area contributed by atoms with E-state index >= 15 is 0 Å². The monoisotopic (exact) mass is 460 g/mol. The molecule has 0 fully saturated rings. The first-order valence-electron chi connectivity index (χ1n) is 8.55. The van der Waals surface area contributed by atoms with Crippen molar-refractivity contribution in [1.82, 2.24) is 10.6 Å². The number of anilines is 1. The molecule has 0 bridgehead atoms. The van der Waals surface area contributed by atoms with E-state index in [2.05, 4.69) is 27.0 Å². The van der Waals surface area contributed by atoms with Crippen LogP contribution in [0.25, 0.3) is 0 Å². The van der Waals surface area contributed by atoms with Gasteiger partial charge in [-0.1, -0.05) is 18.2 Å². The molecule has 1 atom stereocenters. The number of halogens is 1. The zero-order valence-corrected chi connectivity index (χ0v) is 17.5. The van der Waals surface area contributed by atoms with Crippen molar-refractivity contribution < 1.29 is 9.53 Å². The number of nitrogens with one attached hydrogen (secondary N) is 3. The largest absolute Gasteiger partial charge is 0.379 e. The molecule has 1 unspecified atom stereocenters. The molecular weight excluding hydrogens is 431 g/mol. The van der Waals surface area contributed by atoms with Crippen molar-refractivity contribution in [2.75, 3.05) is 32.1 Å². The number of fused-ring (bicyclic) bond motifs is 1. The smallest absolute Gasteiger partial charge is 0.225 e. The van der Waals surface area contributed by atoms with E-state index in [1.165, 1.54) is 5.56 Å². The number of benzene rings is 1. The lowest BCUT2D eigenvalue weighted by Crippen LogP contribution is -2.41. The van der Waals surface area contributed by atoms with Gasteiger partial charge in [-0.25, -0.2) is 0 Å². The van der Waals surface area contributed by atoms with Crippen LogP contribution in [-0.2, 0) is 9.53 Å². The van der Waals surface area contributed by atoms with Crippen molar-refractivity contribution in [1.29, 1.82) is 0 Å². The third-order valence-corrected chi connectivity index (χ3v) is 3.91. The van der Waals surface area contributed by atoms with Crippen LogP contribution in [0.2, 0.25) is 0 Å². The summed E-state index contributed by atoms with van der Waals surface area (Å²) in [5.74, 6) is 0.968. The summed E-state index contributed by atoms with van der Waals surface area (Å²) in [5.41, 5.74) is 2.08. The fraction of sp³-hybridized carbons (Fsp3) is 0.556. The highest BCUT2D eigenvalue weighted by molar-refractivity contribution is 14.0. The van der Waals surface area contributed by atoms with E-state index in [0.717, 1.165) is 31.2 Å². The van der Waals surface area contributed by atoms with Crippen LogP contribution < -0.4 is 16.0 Å².